The van der Waals surface area contributed by atoms with E-state index >= 15 is 0 Å². The van der Waals surface area contributed by atoms with Crippen molar-refractivity contribution >= 4 is 32.6 Å². The average Bonchev–Trinajstić information content (AvgIpc) is 2.11. The Hall–Kier alpha value is 0.947. The first-order valence-corrected chi connectivity index (χ1v) is 10.4. The molecule has 0 aromatic heterocycles. The maximum absolute atomic E-state index is 6.09. The minimum Gasteiger partial charge on any atom is -0.399 e. The van der Waals surface area contributed by atoms with Gasteiger partial charge in [-0.3, -0.25) is 0 Å². The fraction of sp³-hybridized carbons (Fsp3) is 1.00. The minimum absolute atomic E-state index is 1.01. The van der Waals surface area contributed by atoms with Crippen LogP contribution in [-0.2, 0) is 4.43 Å². The van der Waals surface area contributed by atoms with Gasteiger partial charge in [0.25, 0.3) is 0 Å². The summed E-state index contributed by atoms with van der Waals surface area (Å²) in [5, 5.41) is 0. The van der Waals surface area contributed by atoms with E-state index in [1.54, 1.807) is 7.11 Å². The first-order valence-electron chi connectivity index (χ1n) is 5.05. The minimum atomic E-state index is -1.96. The Morgan fingerprint density at radius 1 is 1.15 bits per heavy atom. The number of hydrogen-bond donors (Lipinski definition) is 0. The lowest BCUT2D eigenvalue weighted by Gasteiger charge is -2.13. The number of hydrogen-bond acceptors (Lipinski definition) is 1. The zero-order valence-electron chi connectivity index (χ0n) is 8.61. The number of halogens is 2. The van der Waals surface area contributed by atoms with Gasteiger partial charge in [-0.25, -0.2) is 0 Å². The highest BCUT2D eigenvalue weighted by Gasteiger charge is 2.26. The molecular weight excluding hydrogens is 268 g/mol. The number of unbranched alkanes of at least 4 members (excludes halogenated alkanes) is 5. The van der Waals surface area contributed by atoms with Crippen LogP contribution >= 0.6 is 26.4 Å². The van der Waals surface area contributed by atoms with Crippen molar-refractivity contribution in [2.24, 2.45) is 0 Å². The third kappa shape index (κ3) is 9.26. The smallest absolute Gasteiger partial charge is 0.362 e. The van der Waals surface area contributed by atoms with Gasteiger partial charge in [0.1, 0.15) is 0 Å². The van der Waals surface area contributed by atoms with Crippen molar-refractivity contribution in [1.29, 1.82) is 0 Å². The molecule has 1 unspecified atom stereocenters. The van der Waals surface area contributed by atoms with E-state index in [4.69, 9.17) is 15.5 Å². The van der Waals surface area contributed by atoms with Crippen LogP contribution < -0.4 is 0 Å². The van der Waals surface area contributed by atoms with Crippen molar-refractivity contribution in [1.82, 2.24) is 0 Å². The van der Waals surface area contributed by atoms with Crippen molar-refractivity contribution in [2.75, 3.05) is 7.11 Å². The van der Waals surface area contributed by atoms with Gasteiger partial charge in [0.05, 0.1) is 0 Å². The summed E-state index contributed by atoms with van der Waals surface area (Å²) in [5.41, 5.74) is 0. The molecule has 80 valence electrons. The molecule has 0 spiro atoms. The van der Waals surface area contributed by atoms with Gasteiger partial charge in [0.2, 0.25) is 0 Å². The predicted octanol–water partition coefficient (Wildman–Crippen LogP) is 4.57. The molecule has 1 atom stereocenters. The molecule has 0 heterocycles. The Balaban J connectivity index is 3.16. The first kappa shape index (κ1) is 13.9. The van der Waals surface area contributed by atoms with Crippen molar-refractivity contribution in [2.45, 2.75) is 51.5 Å². The van der Waals surface area contributed by atoms with E-state index in [-0.39, 0.29) is 0 Å². The van der Waals surface area contributed by atoms with Crippen molar-refractivity contribution in [3.8, 4) is 0 Å². The molecule has 0 aromatic carbocycles. The highest BCUT2D eigenvalue weighted by molar-refractivity contribution is 9.27. The summed E-state index contributed by atoms with van der Waals surface area (Å²) < 4.78 is 5.19. The van der Waals surface area contributed by atoms with Crippen LogP contribution in [0.2, 0.25) is 6.04 Å². The third-order valence-corrected chi connectivity index (χ3v) is 6.84. The van der Waals surface area contributed by atoms with Gasteiger partial charge >= 0.3 is 6.25 Å². The molecule has 0 aliphatic heterocycles. The monoisotopic (exact) mass is 286 g/mol. The molecule has 0 bridgehead atoms. The fourth-order valence-electron chi connectivity index (χ4n) is 1.21. The van der Waals surface area contributed by atoms with Crippen LogP contribution in [0, 0.1) is 0 Å². The Bertz CT molecular complexity index is 122. The zero-order valence-corrected chi connectivity index (χ0v) is 12.0. The van der Waals surface area contributed by atoms with Crippen LogP contribution in [0.4, 0.5) is 0 Å². The van der Waals surface area contributed by atoms with E-state index in [0.29, 0.717) is 0 Å². The molecule has 0 aliphatic carbocycles. The summed E-state index contributed by atoms with van der Waals surface area (Å²) in [6.45, 7) is 2.24. The van der Waals surface area contributed by atoms with E-state index in [2.05, 4.69) is 22.2 Å². The molecule has 0 amide bonds. The van der Waals surface area contributed by atoms with E-state index in [9.17, 15) is 0 Å². The second-order valence-electron chi connectivity index (χ2n) is 3.36. The zero-order chi connectivity index (χ0) is 10.2. The Labute approximate surface area is 95.6 Å². The molecule has 0 aliphatic rings. The Morgan fingerprint density at radius 2 is 1.69 bits per heavy atom. The first-order chi connectivity index (χ1) is 6.12. The summed E-state index contributed by atoms with van der Waals surface area (Å²) in [6, 6.07) is 1.01. The molecule has 1 nitrogen and oxygen atoms in total. The van der Waals surface area contributed by atoms with Crippen LogP contribution in [0.25, 0.3) is 0 Å². The van der Waals surface area contributed by atoms with E-state index in [0.717, 1.165) is 6.04 Å². The second-order valence-corrected chi connectivity index (χ2v) is 12.6. The fourth-order valence-corrected chi connectivity index (χ4v) is 3.32. The van der Waals surface area contributed by atoms with Crippen molar-refractivity contribution < 1.29 is 4.43 Å². The molecule has 0 saturated heterocycles. The normalized spacial score (nSPS) is 15.7. The maximum atomic E-state index is 6.09. The molecule has 4 heteroatoms. The predicted molar refractivity (Wildman–Crippen MR) is 65.7 cm³/mol. The van der Waals surface area contributed by atoms with Crippen LogP contribution in [0.15, 0.2) is 0 Å². The molecule has 0 rings (SSSR count). The summed E-state index contributed by atoms with van der Waals surface area (Å²) >= 11 is 9.54. The lowest BCUT2D eigenvalue weighted by atomic mass is 10.1. The Morgan fingerprint density at radius 3 is 2.23 bits per heavy atom. The SMILES string of the molecule is CCCCCCCC[Si](Cl)(Br)OC. The quantitative estimate of drug-likeness (QED) is 0.361. The molecule has 0 fully saturated rings. The van der Waals surface area contributed by atoms with Gasteiger partial charge in [-0.15, -0.1) is 11.1 Å². The van der Waals surface area contributed by atoms with Crippen LogP contribution in [0.5, 0.6) is 0 Å². The molecular formula is C9H20BrClOSi. The third-order valence-electron chi connectivity index (χ3n) is 2.12. The van der Waals surface area contributed by atoms with E-state index < -0.39 is 6.25 Å². The van der Waals surface area contributed by atoms with Gasteiger partial charge in [-0.1, -0.05) is 60.7 Å². The van der Waals surface area contributed by atoms with Crippen molar-refractivity contribution in [3.05, 3.63) is 0 Å². The lowest BCUT2D eigenvalue weighted by molar-refractivity contribution is 0.427. The summed E-state index contributed by atoms with van der Waals surface area (Å²) in [6.07, 6.45) is 5.90. The van der Waals surface area contributed by atoms with Crippen LogP contribution in [-0.4, -0.2) is 13.4 Å². The van der Waals surface area contributed by atoms with Gasteiger partial charge in [0, 0.05) is 7.11 Å². The van der Waals surface area contributed by atoms with Crippen LogP contribution in [0.3, 0.4) is 0 Å². The topological polar surface area (TPSA) is 9.23 Å². The van der Waals surface area contributed by atoms with Gasteiger partial charge in [0.15, 0.2) is 0 Å². The highest BCUT2D eigenvalue weighted by atomic mass is 79.9. The van der Waals surface area contributed by atoms with Crippen LogP contribution in [0.1, 0.15) is 45.4 Å². The summed E-state index contributed by atoms with van der Waals surface area (Å²) in [4.78, 5) is 0. The van der Waals surface area contributed by atoms with Gasteiger partial charge in [-0.2, -0.15) is 0 Å². The largest absolute Gasteiger partial charge is 0.399 e. The highest BCUT2D eigenvalue weighted by Crippen LogP contribution is 2.26. The molecule has 13 heavy (non-hydrogen) atoms. The van der Waals surface area contributed by atoms with E-state index in [1.165, 1.54) is 38.5 Å². The van der Waals surface area contributed by atoms with Crippen molar-refractivity contribution in [3.63, 3.8) is 0 Å². The lowest BCUT2D eigenvalue weighted by Crippen LogP contribution is -2.20. The van der Waals surface area contributed by atoms with Gasteiger partial charge < -0.3 is 4.43 Å². The van der Waals surface area contributed by atoms with E-state index in [1.807, 2.05) is 0 Å². The van der Waals surface area contributed by atoms with Gasteiger partial charge in [-0.05, 0) is 6.04 Å². The molecule has 0 N–H and O–H groups in total. The Kier molecular flexibility index (Phi) is 8.87. The molecule has 0 radical (unpaired) electrons. The summed E-state index contributed by atoms with van der Waals surface area (Å²) in [5.74, 6) is 0. The standard InChI is InChI=1S/C9H20BrClOSi/c1-3-4-5-6-7-8-9-13(10,11)12-2/h3-9H2,1-2H3. The second kappa shape index (κ2) is 8.27. The number of rotatable bonds is 8. The maximum Gasteiger partial charge on any atom is 0.362 e. The molecule has 0 aromatic rings. The molecule has 0 saturated carbocycles. The average molecular weight is 288 g/mol. The summed E-state index contributed by atoms with van der Waals surface area (Å²) in [7, 11) is 1.69.